The summed E-state index contributed by atoms with van der Waals surface area (Å²) in [5.74, 6) is -1.90. The van der Waals surface area contributed by atoms with Crippen LogP contribution in [0.1, 0.15) is 17.3 Å². The molecule has 1 unspecified atom stereocenters. The van der Waals surface area contributed by atoms with Crippen LogP contribution in [0.5, 0.6) is 0 Å². The minimum Gasteiger partial charge on any atom is -0.480 e. The predicted molar refractivity (Wildman–Crippen MR) is 75.1 cm³/mol. The third-order valence-electron chi connectivity index (χ3n) is 3.22. The van der Waals surface area contributed by atoms with Crippen LogP contribution in [-0.2, 0) is 14.8 Å². The highest BCUT2D eigenvalue weighted by Crippen LogP contribution is 2.27. The van der Waals surface area contributed by atoms with Crippen molar-refractivity contribution in [2.75, 3.05) is 7.05 Å². The van der Waals surface area contributed by atoms with E-state index in [0.29, 0.717) is 5.69 Å². The Morgan fingerprint density at radius 2 is 1.95 bits per heavy atom. The zero-order chi connectivity index (χ0) is 16.5. The maximum absolute atomic E-state index is 13.0. The van der Waals surface area contributed by atoms with Gasteiger partial charge in [-0.05, 0) is 24.6 Å². The molecule has 22 heavy (non-hydrogen) atoms. The number of carboxylic acids is 1. The Balaban J connectivity index is 2.47. The third kappa shape index (κ3) is 2.85. The van der Waals surface area contributed by atoms with E-state index in [4.69, 9.17) is 0 Å². The largest absolute Gasteiger partial charge is 0.480 e. The van der Waals surface area contributed by atoms with Crippen molar-refractivity contribution in [3.8, 4) is 0 Å². The molecular weight excluding hydrogens is 313 g/mol. The van der Waals surface area contributed by atoms with E-state index in [1.54, 1.807) is 0 Å². The van der Waals surface area contributed by atoms with E-state index < -0.39 is 27.9 Å². The van der Waals surface area contributed by atoms with E-state index in [2.05, 4.69) is 10.2 Å². The summed E-state index contributed by atoms with van der Waals surface area (Å²) >= 11 is 0. The molecule has 118 valence electrons. The summed E-state index contributed by atoms with van der Waals surface area (Å²) in [5.41, 5.74) is 0.455. The standard InChI is InChI=1S/C13H14FN3O4S/c1-8-11(7-15-16-8)22(20,21)17(2)12(13(18)19)9-3-5-10(14)6-4-9/h3-7,12H,1-2H3,(H,15,16)(H,18,19). The fraction of sp³-hybridized carbons (Fsp3) is 0.231. The summed E-state index contributed by atoms with van der Waals surface area (Å²) in [5, 5.41) is 15.5. The smallest absolute Gasteiger partial charge is 0.326 e. The number of aryl methyl sites for hydroxylation is 1. The lowest BCUT2D eigenvalue weighted by Crippen LogP contribution is -2.36. The molecule has 0 spiro atoms. The van der Waals surface area contributed by atoms with Crippen molar-refractivity contribution in [3.63, 3.8) is 0 Å². The molecule has 1 aromatic carbocycles. The molecule has 0 aliphatic carbocycles. The molecular formula is C13H14FN3O4S. The fourth-order valence-electron chi connectivity index (χ4n) is 2.05. The zero-order valence-corrected chi connectivity index (χ0v) is 12.6. The molecule has 1 aromatic heterocycles. The zero-order valence-electron chi connectivity index (χ0n) is 11.8. The Labute approximate surface area is 126 Å². The van der Waals surface area contributed by atoms with E-state index in [1.165, 1.54) is 19.1 Å². The minimum atomic E-state index is -4.06. The van der Waals surface area contributed by atoms with Gasteiger partial charge in [0.05, 0.1) is 11.9 Å². The van der Waals surface area contributed by atoms with Gasteiger partial charge in [-0.25, -0.2) is 12.8 Å². The number of aromatic amines is 1. The molecule has 0 saturated carbocycles. The first-order valence-corrected chi connectivity index (χ1v) is 7.65. The second kappa shape index (κ2) is 5.85. The number of H-pyrrole nitrogens is 1. The topological polar surface area (TPSA) is 103 Å². The molecule has 9 heteroatoms. The summed E-state index contributed by atoms with van der Waals surface area (Å²) in [6.45, 7) is 1.52. The van der Waals surface area contributed by atoms with Crippen LogP contribution in [0.25, 0.3) is 0 Å². The number of sulfonamides is 1. The van der Waals surface area contributed by atoms with Crippen LogP contribution in [0.3, 0.4) is 0 Å². The number of carbonyl (C=O) groups is 1. The number of nitrogens with one attached hydrogen (secondary N) is 1. The Kier molecular flexibility index (Phi) is 4.29. The van der Waals surface area contributed by atoms with E-state index in [9.17, 15) is 22.7 Å². The van der Waals surface area contributed by atoms with Crippen molar-refractivity contribution < 1.29 is 22.7 Å². The normalized spacial score (nSPS) is 13.3. The number of rotatable bonds is 5. The number of aromatic nitrogens is 2. The van der Waals surface area contributed by atoms with E-state index >= 15 is 0 Å². The summed E-state index contributed by atoms with van der Waals surface area (Å²) in [4.78, 5) is 11.4. The van der Waals surface area contributed by atoms with Crippen molar-refractivity contribution in [1.29, 1.82) is 0 Å². The number of nitrogens with zero attached hydrogens (tertiary/aromatic N) is 2. The molecule has 2 aromatic rings. The molecule has 2 rings (SSSR count). The van der Waals surface area contributed by atoms with Crippen LogP contribution in [0, 0.1) is 12.7 Å². The molecule has 0 aliphatic heterocycles. The summed E-state index contributed by atoms with van der Waals surface area (Å²) in [6.07, 6.45) is 1.12. The number of aliphatic carboxylic acids is 1. The number of benzene rings is 1. The quantitative estimate of drug-likeness (QED) is 0.861. The second-order valence-corrected chi connectivity index (χ2v) is 6.64. The van der Waals surface area contributed by atoms with Crippen molar-refractivity contribution in [2.45, 2.75) is 17.9 Å². The average molecular weight is 327 g/mol. The van der Waals surface area contributed by atoms with E-state index in [0.717, 1.165) is 29.7 Å². The van der Waals surface area contributed by atoms with Gasteiger partial charge in [-0.1, -0.05) is 12.1 Å². The first-order chi connectivity index (χ1) is 10.2. The lowest BCUT2D eigenvalue weighted by Gasteiger charge is -2.24. The molecule has 0 fully saturated rings. The van der Waals surface area contributed by atoms with Crippen molar-refractivity contribution in [2.24, 2.45) is 0 Å². The molecule has 0 radical (unpaired) electrons. The first-order valence-electron chi connectivity index (χ1n) is 6.21. The monoisotopic (exact) mass is 327 g/mol. The Hall–Kier alpha value is -2.26. The number of likely N-dealkylation sites (N-methyl/N-ethyl adjacent to an activating group) is 1. The summed E-state index contributed by atoms with van der Waals surface area (Å²) < 4.78 is 38.8. The predicted octanol–water partition coefficient (Wildman–Crippen LogP) is 1.30. The molecule has 2 N–H and O–H groups in total. The third-order valence-corrected chi connectivity index (χ3v) is 5.16. The SMILES string of the molecule is Cc1[nH]ncc1S(=O)(=O)N(C)C(C(=O)O)c1ccc(F)cc1. The molecule has 1 heterocycles. The fourth-order valence-corrected chi connectivity index (χ4v) is 3.46. The highest BCUT2D eigenvalue weighted by Gasteiger charge is 2.35. The lowest BCUT2D eigenvalue weighted by molar-refractivity contribution is -0.141. The highest BCUT2D eigenvalue weighted by atomic mass is 32.2. The summed E-state index contributed by atoms with van der Waals surface area (Å²) in [6, 6.07) is 3.16. The average Bonchev–Trinajstić information content (AvgIpc) is 2.87. The maximum atomic E-state index is 13.0. The van der Waals surface area contributed by atoms with Crippen molar-refractivity contribution in [1.82, 2.24) is 14.5 Å². The van der Waals surface area contributed by atoms with Crippen LogP contribution in [-0.4, -0.2) is 41.0 Å². The number of hydrogen-bond acceptors (Lipinski definition) is 4. The van der Waals surface area contributed by atoms with Crippen LogP contribution in [0.15, 0.2) is 35.4 Å². The molecule has 0 amide bonds. The van der Waals surface area contributed by atoms with Gasteiger partial charge in [-0.15, -0.1) is 0 Å². The van der Waals surface area contributed by atoms with Gasteiger partial charge in [-0.3, -0.25) is 9.89 Å². The van der Waals surface area contributed by atoms with Crippen LogP contribution >= 0.6 is 0 Å². The maximum Gasteiger partial charge on any atom is 0.326 e. The Morgan fingerprint density at radius 3 is 2.41 bits per heavy atom. The van der Waals surface area contributed by atoms with Gasteiger partial charge in [0.2, 0.25) is 10.0 Å². The summed E-state index contributed by atoms with van der Waals surface area (Å²) in [7, 11) is -2.91. The lowest BCUT2D eigenvalue weighted by atomic mass is 10.1. The van der Waals surface area contributed by atoms with Gasteiger partial charge >= 0.3 is 5.97 Å². The van der Waals surface area contributed by atoms with Gasteiger partial charge in [0.1, 0.15) is 16.8 Å². The van der Waals surface area contributed by atoms with Gasteiger partial charge in [0.25, 0.3) is 0 Å². The van der Waals surface area contributed by atoms with Crippen LogP contribution < -0.4 is 0 Å². The van der Waals surface area contributed by atoms with Gasteiger partial charge in [0.15, 0.2) is 0 Å². The molecule has 0 aliphatic rings. The highest BCUT2D eigenvalue weighted by molar-refractivity contribution is 7.89. The Bertz CT molecular complexity index is 786. The number of halogens is 1. The van der Waals surface area contributed by atoms with Crippen LogP contribution in [0.4, 0.5) is 4.39 Å². The van der Waals surface area contributed by atoms with E-state index in [-0.39, 0.29) is 10.5 Å². The van der Waals surface area contributed by atoms with Gasteiger partial charge in [-0.2, -0.15) is 9.40 Å². The molecule has 0 saturated heterocycles. The van der Waals surface area contributed by atoms with Gasteiger partial charge in [0, 0.05) is 7.05 Å². The van der Waals surface area contributed by atoms with Crippen molar-refractivity contribution in [3.05, 3.63) is 47.5 Å². The number of carboxylic acid groups (broad SMARTS) is 1. The molecule has 0 bridgehead atoms. The minimum absolute atomic E-state index is 0.108. The van der Waals surface area contributed by atoms with Crippen molar-refractivity contribution >= 4 is 16.0 Å². The Morgan fingerprint density at radius 1 is 1.36 bits per heavy atom. The van der Waals surface area contributed by atoms with Crippen LogP contribution in [0.2, 0.25) is 0 Å². The molecule has 1 atom stereocenters. The molecule has 7 nitrogen and oxygen atoms in total. The first kappa shape index (κ1) is 16.1. The van der Waals surface area contributed by atoms with Gasteiger partial charge < -0.3 is 5.11 Å². The number of hydrogen-bond donors (Lipinski definition) is 2. The second-order valence-electron chi connectivity index (χ2n) is 4.67. The van der Waals surface area contributed by atoms with E-state index in [1.807, 2.05) is 0 Å².